The lowest BCUT2D eigenvalue weighted by atomic mass is 10.2. The van der Waals surface area contributed by atoms with Gasteiger partial charge in [0.25, 0.3) is 0 Å². The van der Waals surface area contributed by atoms with E-state index in [1.807, 2.05) is 19.3 Å². The van der Waals surface area contributed by atoms with E-state index in [1.165, 1.54) is 13.2 Å². The number of hydrogen-bond acceptors (Lipinski definition) is 3. The van der Waals surface area contributed by atoms with Crippen molar-refractivity contribution < 1.29 is 9.13 Å². The summed E-state index contributed by atoms with van der Waals surface area (Å²) in [5.41, 5.74) is 1.77. The second kappa shape index (κ2) is 6.26. The maximum atomic E-state index is 13.5. The van der Waals surface area contributed by atoms with Gasteiger partial charge in [0.2, 0.25) is 0 Å². The van der Waals surface area contributed by atoms with Crippen LogP contribution in [0.2, 0.25) is 0 Å². The molecule has 0 amide bonds. The first-order chi connectivity index (χ1) is 8.22. The fourth-order valence-electron chi connectivity index (χ4n) is 1.57. The molecular formula is C12H15ClFN3O. The van der Waals surface area contributed by atoms with E-state index in [0.29, 0.717) is 6.54 Å². The van der Waals surface area contributed by atoms with Crippen molar-refractivity contribution in [2.45, 2.75) is 6.54 Å². The molecule has 98 valence electrons. The number of methoxy groups -OCH3 is 1. The first kappa shape index (κ1) is 14.3. The van der Waals surface area contributed by atoms with Gasteiger partial charge in [-0.15, -0.1) is 12.4 Å². The molecular weight excluding hydrogens is 257 g/mol. The van der Waals surface area contributed by atoms with Crippen LogP contribution in [0.1, 0.15) is 5.56 Å². The average molecular weight is 272 g/mol. The van der Waals surface area contributed by atoms with Crippen molar-refractivity contribution in [1.82, 2.24) is 9.78 Å². The summed E-state index contributed by atoms with van der Waals surface area (Å²) in [6.07, 6.45) is 3.59. The minimum absolute atomic E-state index is 0. The molecule has 1 heterocycles. The minimum Gasteiger partial charge on any atom is -0.494 e. The topological polar surface area (TPSA) is 39.1 Å². The third kappa shape index (κ3) is 3.13. The predicted molar refractivity (Wildman–Crippen MR) is 71.1 cm³/mol. The van der Waals surface area contributed by atoms with E-state index in [9.17, 15) is 4.39 Å². The van der Waals surface area contributed by atoms with Gasteiger partial charge in [-0.3, -0.25) is 4.68 Å². The molecule has 18 heavy (non-hydrogen) atoms. The highest BCUT2D eigenvalue weighted by Gasteiger charge is 2.04. The number of ether oxygens (including phenoxy) is 1. The fourth-order valence-corrected chi connectivity index (χ4v) is 1.57. The van der Waals surface area contributed by atoms with E-state index in [2.05, 4.69) is 10.4 Å². The minimum atomic E-state index is -0.356. The Morgan fingerprint density at radius 1 is 1.44 bits per heavy atom. The van der Waals surface area contributed by atoms with Crippen LogP contribution in [0.4, 0.5) is 10.1 Å². The summed E-state index contributed by atoms with van der Waals surface area (Å²) in [6.45, 7) is 0.530. The van der Waals surface area contributed by atoms with Crippen molar-refractivity contribution in [3.63, 3.8) is 0 Å². The number of hydrogen-bond donors (Lipinski definition) is 1. The molecule has 0 spiro atoms. The van der Waals surface area contributed by atoms with Gasteiger partial charge in [0.1, 0.15) is 0 Å². The Labute approximate surface area is 111 Å². The summed E-state index contributed by atoms with van der Waals surface area (Å²) in [5, 5.41) is 7.14. The maximum Gasteiger partial charge on any atom is 0.165 e. The molecule has 1 aromatic carbocycles. The first-order valence-corrected chi connectivity index (χ1v) is 5.25. The summed E-state index contributed by atoms with van der Waals surface area (Å²) in [6, 6.07) is 4.90. The van der Waals surface area contributed by atoms with Gasteiger partial charge in [-0.25, -0.2) is 4.39 Å². The van der Waals surface area contributed by atoms with E-state index in [1.54, 1.807) is 16.9 Å². The molecule has 2 rings (SSSR count). The van der Waals surface area contributed by atoms with Gasteiger partial charge in [-0.05, 0) is 17.7 Å². The Hall–Kier alpha value is -1.75. The molecule has 0 aliphatic rings. The Morgan fingerprint density at radius 3 is 2.78 bits per heavy atom. The third-order valence-electron chi connectivity index (χ3n) is 2.48. The fraction of sp³-hybridized carbons (Fsp3) is 0.250. The summed E-state index contributed by atoms with van der Waals surface area (Å²) in [4.78, 5) is 0. The van der Waals surface area contributed by atoms with Gasteiger partial charge in [0, 0.05) is 13.2 Å². The normalized spacial score (nSPS) is 9.72. The lowest BCUT2D eigenvalue weighted by Crippen LogP contribution is -2.01. The Kier molecular flexibility index (Phi) is 4.97. The Balaban J connectivity index is 0.00000162. The molecule has 0 atom stereocenters. The van der Waals surface area contributed by atoms with Crippen LogP contribution in [0, 0.1) is 5.82 Å². The Bertz CT molecular complexity index is 516. The van der Waals surface area contributed by atoms with Crippen LogP contribution in [0.3, 0.4) is 0 Å². The van der Waals surface area contributed by atoms with Crippen LogP contribution >= 0.6 is 12.4 Å². The zero-order valence-electron chi connectivity index (χ0n) is 10.2. The zero-order valence-corrected chi connectivity index (χ0v) is 11.0. The summed E-state index contributed by atoms with van der Waals surface area (Å²) >= 11 is 0. The van der Waals surface area contributed by atoms with Crippen molar-refractivity contribution in [3.8, 4) is 5.75 Å². The van der Waals surface area contributed by atoms with E-state index < -0.39 is 0 Å². The van der Waals surface area contributed by atoms with Crippen LogP contribution < -0.4 is 10.1 Å². The van der Waals surface area contributed by atoms with E-state index in [0.717, 1.165) is 11.3 Å². The molecule has 0 saturated carbocycles. The SMILES string of the molecule is CNc1cnn(Cc2ccc(OC)c(F)c2)c1.Cl. The monoisotopic (exact) mass is 271 g/mol. The van der Waals surface area contributed by atoms with Gasteiger partial charge in [0.15, 0.2) is 11.6 Å². The molecule has 1 aromatic heterocycles. The maximum absolute atomic E-state index is 13.5. The highest BCUT2D eigenvalue weighted by Crippen LogP contribution is 2.18. The van der Waals surface area contributed by atoms with Crippen LogP contribution in [0.5, 0.6) is 5.75 Å². The van der Waals surface area contributed by atoms with Crippen molar-refractivity contribution >= 4 is 18.1 Å². The number of halogens is 2. The number of aromatic nitrogens is 2. The van der Waals surface area contributed by atoms with Crippen LogP contribution in [-0.2, 0) is 6.54 Å². The van der Waals surface area contributed by atoms with Crippen LogP contribution in [0.25, 0.3) is 0 Å². The molecule has 0 aliphatic heterocycles. The smallest absolute Gasteiger partial charge is 0.165 e. The molecule has 0 radical (unpaired) electrons. The predicted octanol–water partition coefficient (Wildman–Crippen LogP) is 2.54. The lowest BCUT2D eigenvalue weighted by Gasteiger charge is -2.05. The van der Waals surface area contributed by atoms with Gasteiger partial charge < -0.3 is 10.1 Å². The van der Waals surface area contributed by atoms with Gasteiger partial charge >= 0.3 is 0 Å². The number of benzene rings is 1. The van der Waals surface area contributed by atoms with Crippen LogP contribution in [-0.4, -0.2) is 23.9 Å². The molecule has 0 bridgehead atoms. The molecule has 0 fully saturated rings. The van der Waals surface area contributed by atoms with Gasteiger partial charge in [-0.1, -0.05) is 6.07 Å². The highest BCUT2D eigenvalue weighted by atomic mass is 35.5. The van der Waals surface area contributed by atoms with Crippen molar-refractivity contribution in [2.75, 3.05) is 19.5 Å². The molecule has 0 saturated heterocycles. The van der Waals surface area contributed by atoms with Crippen molar-refractivity contribution in [2.24, 2.45) is 0 Å². The molecule has 6 heteroatoms. The second-order valence-corrected chi connectivity index (χ2v) is 3.65. The molecule has 2 aromatic rings. The highest BCUT2D eigenvalue weighted by molar-refractivity contribution is 5.85. The number of anilines is 1. The van der Waals surface area contributed by atoms with Crippen molar-refractivity contribution in [1.29, 1.82) is 0 Å². The summed E-state index contributed by atoms with van der Waals surface area (Å²) in [7, 11) is 3.28. The van der Waals surface area contributed by atoms with Gasteiger partial charge in [0.05, 0.1) is 25.5 Å². The van der Waals surface area contributed by atoms with E-state index in [4.69, 9.17) is 4.74 Å². The number of nitrogens with zero attached hydrogens (tertiary/aromatic N) is 2. The summed E-state index contributed by atoms with van der Waals surface area (Å²) in [5.74, 6) is -0.101. The van der Waals surface area contributed by atoms with E-state index >= 15 is 0 Å². The summed E-state index contributed by atoms with van der Waals surface area (Å²) < 4.78 is 20.1. The molecule has 1 N–H and O–H groups in total. The third-order valence-corrected chi connectivity index (χ3v) is 2.48. The standard InChI is InChI=1S/C12H14FN3O.ClH/c1-14-10-6-15-16(8-10)7-9-3-4-12(17-2)11(13)5-9;/h3-6,8,14H,7H2,1-2H3;1H. The largest absolute Gasteiger partial charge is 0.494 e. The number of rotatable bonds is 4. The molecule has 0 unspecified atom stereocenters. The zero-order chi connectivity index (χ0) is 12.3. The second-order valence-electron chi connectivity index (χ2n) is 3.65. The van der Waals surface area contributed by atoms with Crippen LogP contribution in [0.15, 0.2) is 30.6 Å². The molecule has 4 nitrogen and oxygen atoms in total. The quantitative estimate of drug-likeness (QED) is 0.929. The van der Waals surface area contributed by atoms with Gasteiger partial charge in [-0.2, -0.15) is 5.10 Å². The number of nitrogens with one attached hydrogen (secondary N) is 1. The Morgan fingerprint density at radius 2 is 2.22 bits per heavy atom. The first-order valence-electron chi connectivity index (χ1n) is 5.25. The molecule has 0 aliphatic carbocycles. The van der Waals surface area contributed by atoms with Crippen molar-refractivity contribution in [3.05, 3.63) is 42.0 Å². The average Bonchev–Trinajstić information content (AvgIpc) is 2.77. The lowest BCUT2D eigenvalue weighted by molar-refractivity contribution is 0.386. The van der Waals surface area contributed by atoms with E-state index in [-0.39, 0.29) is 24.0 Å².